The number of anilines is 2. The van der Waals surface area contributed by atoms with Crippen LogP contribution in [0.2, 0.25) is 0 Å². The Hall–Kier alpha value is -1.34. The molecule has 0 radical (unpaired) electrons. The lowest BCUT2D eigenvalue weighted by Crippen LogP contribution is -2.36. The number of benzene rings is 1. The highest BCUT2D eigenvalue weighted by Crippen LogP contribution is 2.26. The third-order valence-electron chi connectivity index (χ3n) is 2.76. The van der Waals surface area contributed by atoms with Crippen molar-refractivity contribution in [2.24, 2.45) is 0 Å². The quantitative estimate of drug-likeness (QED) is 0.755. The zero-order chi connectivity index (χ0) is 11.5. The summed E-state index contributed by atoms with van der Waals surface area (Å²) >= 11 is 2.00. The second kappa shape index (κ2) is 4.67. The van der Waals surface area contributed by atoms with Gasteiger partial charge in [0.2, 0.25) is 0 Å². The van der Waals surface area contributed by atoms with Gasteiger partial charge in [0.05, 0.1) is 5.56 Å². The molecule has 0 saturated carbocycles. The van der Waals surface area contributed by atoms with Crippen LogP contribution in [0.4, 0.5) is 11.4 Å². The van der Waals surface area contributed by atoms with Gasteiger partial charge in [-0.25, -0.2) is 0 Å². The van der Waals surface area contributed by atoms with Gasteiger partial charge in [0.15, 0.2) is 0 Å². The molecule has 1 aromatic rings. The molecule has 1 fully saturated rings. The Labute approximate surface area is 100 Å². The van der Waals surface area contributed by atoms with Gasteiger partial charge in [-0.2, -0.15) is 17.0 Å². The number of thioether (sulfide) groups is 1. The molecule has 2 N–H and O–H groups in total. The number of hydrogen-bond acceptors (Lipinski definition) is 4. The van der Waals surface area contributed by atoms with E-state index in [9.17, 15) is 0 Å². The van der Waals surface area contributed by atoms with Crippen LogP contribution in [0.1, 0.15) is 12.5 Å². The number of nitrogen functional groups attached to an aromatic ring is 1. The highest BCUT2D eigenvalue weighted by atomic mass is 32.2. The van der Waals surface area contributed by atoms with E-state index in [1.54, 1.807) is 0 Å². The van der Waals surface area contributed by atoms with Crippen LogP contribution in [0.15, 0.2) is 18.2 Å². The molecule has 1 unspecified atom stereocenters. The van der Waals surface area contributed by atoms with E-state index in [1.165, 1.54) is 0 Å². The first-order valence-corrected chi connectivity index (χ1v) is 6.42. The Morgan fingerprint density at radius 3 is 3.06 bits per heavy atom. The first kappa shape index (κ1) is 11.2. The maximum Gasteiger partial charge on any atom is 0.101 e. The van der Waals surface area contributed by atoms with E-state index in [-0.39, 0.29) is 0 Å². The summed E-state index contributed by atoms with van der Waals surface area (Å²) in [5.41, 5.74) is 7.95. The van der Waals surface area contributed by atoms with Crippen LogP contribution in [0, 0.1) is 11.3 Å². The van der Waals surface area contributed by atoms with Crippen LogP contribution in [0.5, 0.6) is 0 Å². The average Bonchev–Trinajstić information content (AvgIpc) is 2.29. The Morgan fingerprint density at radius 1 is 1.56 bits per heavy atom. The van der Waals surface area contributed by atoms with E-state index >= 15 is 0 Å². The fourth-order valence-electron chi connectivity index (χ4n) is 1.89. The van der Waals surface area contributed by atoms with Crippen molar-refractivity contribution in [2.45, 2.75) is 12.2 Å². The molecule has 1 atom stereocenters. The summed E-state index contributed by atoms with van der Waals surface area (Å²) in [6, 6.07) is 7.83. The summed E-state index contributed by atoms with van der Waals surface area (Å²) in [6.45, 7) is 4.32. The van der Waals surface area contributed by atoms with E-state index in [4.69, 9.17) is 11.0 Å². The summed E-state index contributed by atoms with van der Waals surface area (Å²) in [5, 5.41) is 9.59. The summed E-state index contributed by atoms with van der Waals surface area (Å²) in [7, 11) is 0. The fourth-order valence-corrected chi connectivity index (χ4v) is 2.90. The molecule has 0 amide bonds. The van der Waals surface area contributed by atoms with Crippen LogP contribution in [-0.2, 0) is 0 Å². The minimum atomic E-state index is 0.561. The molecule has 16 heavy (non-hydrogen) atoms. The number of nitrogens with two attached hydrogens (primary N) is 1. The highest BCUT2D eigenvalue weighted by molar-refractivity contribution is 8.00. The largest absolute Gasteiger partial charge is 0.398 e. The van der Waals surface area contributed by atoms with Crippen molar-refractivity contribution in [3.63, 3.8) is 0 Å². The van der Waals surface area contributed by atoms with E-state index in [2.05, 4.69) is 17.9 Å². The molecule has 0 spiro atoms. The summed E-state index contributed by atoms with van der Waals surface area (Å²) in [6.07, 6.45) is 0. The zero-order valence-corrected chi connectivity index (χ0v) is 10.1. The lowest BCUT2D eigenvalue weighted by atomic mass is 10.1. The molecule has 1 aromatic carbocycles. The van der Waals surface area contributed by atoms with E-state index in [1.807, 2.05) is 30.0 Å². The maximum atomic E-state index is 8.94. The first-order valence-electron chi connectivity index (χ1n) is 5.37. The second-order valence-electron chi connectivity index (χ2n) is 4.01. The average molecular weight is 233 g/mol. The lowest BCUT2D eigenvalue weighted by Gasteiger charge is -2.32. The molecule has 0 bridgehead atoms. The minimum Gasteiger partial charge on any atom is -0.398 e. The molecule has 1 aliphatic heterocycles. The Bertz CT molecular complexity index is 425. The molecule has 0 aliphatic carbocycles. The smallest absolute Gasteiger partial charge is 0.101 e. The Balaban J connectivity index is 2.24. The summed E-state index contributed by atoms with van der Waals surface area (Å²) < 4.78 is 0. The SMILES string of the molecule is CC1CN(c2ccc(N)c(C#N)c2)CCS1. The normalized spacial score (nSPS) is 20.5. The van der Waals surface area contributed by atoms with Crippen molar-refractivity contribution < 1.29 is 0 Å². The lowest BCUT2D eigenvalue weighted by molar-refractivity contribution is 0.783. The third-order valence-corrected chi connectivity index (χ3v) is 3.90. The van der Waals surface area contributed by atoms with Gasteiger partial charge < -0.3 is 10.6 Å². The first-order chi connectivity index (χ1) is 7.70. The molecule has 1 heterocycles. The molecule has 4 heteroatoms. The van der Waals surface area contributed by atoms with E-state index in [0.717, 1.165) is 24.5 Å². The molecule has 2 rings (SSSR count). The van der Waals surface area contributed by atoms with Gasteiger partial charge in [0.25, 0.3) is 0 Å². The number of rotatable bonds is 1. The van der Waals surface area contributed by atoms with Crippen molar-refractivity contribution in [1.82, 2.24) is 0 Å². The van der Waals surface area contributed by atoms with Gasteiger partial charge in [-0.1, -0.05) is 6.92 Å². The Kier molecular flexibility index (Phi) is 3.25. The zero-order valence-electron chi connectivity index (χ0n) is 9.31. The second-order valence-corrected chi connectivity index (χ2v) is 5.56. The number of hydrogen-bond donors (Lipinski definition) is 1. The van der Waals surface area contributed by atoms with Crippen LogP contribution in [0.25, 0.3) is 0 Å². The monoisotopic (exact) mass is 233 g/mol. The topological polar surface area (TPSA) is 53.0 Å². The van der Waals surface area contributed by atoms with E-state index in [0.29, 0.717) is 16.5 Å². The van der Waals surface area contributed by atoms with Crippen molar-refractivity contribution in [1.29, 1.82) is 5.26 Å². The van der Waals surface area contributed by atoms with Crippen molar-refractivity contribution in [2.75, 3.05) is 29.5 Å². The van der Waals surface area contributed by atoms with Gasteiger partial charge in [0, 0.05) is 35.5 Å². The third kappa shape index (κ3) is 2.25. The summed E-state index contributed by atoms with van der Waals surface area (Å²) in [4.78, 5) is 2.32. The van der Waals surface area contributed by atoms with Gasteiger partial charge in [-0.15, -0.1) is 0 Å². The van der Waals surface area contributed by atoms with Crippen LogP contribution < -0.4 is 10.6 Å². The maximum absolute atomic E-state index is 8.94. The van der Waals surface area contributed by atoms with Crippen molar-refractivity contribution >= 4 is 23.1 Å². The van der Waals surface area contributed by atoms with Crippen LogP contribution in [-0.4, -0.2) is 24.1 Å². The molecule has 1 saturated heterocycles. The van der Waals surface area contributed by atoms with Crippen LogP contribution in [0.3, 0.4) is 0 Å². The van der Waals surface area contributed by atoms with Gasteiger partial charge in [0.1, 0.15) is 6.07 Å². The predicted octanol–water partition coefficient (Wildman–Crippen LogP) is 2.08. The van der Waals surface area contributed by atoms with Gasteiger partial charge in [-0.05, 0) is 18.2 Å². The predicted molar refractivity (Wildman–Crippen MR) is 69.7 cm³/mol. The standard InChI is InChI=1S/C12H15N3S/c1-9-8-15(4-5-16-9)11-2-3-12(14)10(6-11)7-13/h2-3,6,9H,4-5,8,14H2,1H3. The number of nitriles is 1. The van der Waals surface area contributed by atoms with Crippen LogP contribution >= 0.6 is 11.8 Å². The Morgan fingerprint density at radius 2 is 2.38 bits per heavy atom. The molecular weight excluding hydrogens is 218 g/mol. The molecular formula is C12H15N3S. The van der Waals surface area contributed by atoms with Gasteiger partial charge in [-0.3, -0.25) is 0 Å². The fraction of sp³-hybridized carbons (Fsp3) is 0.417. The molecule has 0 aromatic heterocycles. The summed E-state index contributed by atoms with van der Waals surface area (Å²) in [5.74, 6) is 1.15. The molecule has 1 aliphatic rings. The van der Waals surface area contributed by atoms with E-state index < -0.39 is 0 Å². The minimum absolute atomic E-state index is 0.561. The molecule has 3 nitrogen and oxygen atoms in total. The molecule has 84 valence electrons. The highest BCUT2D eigenvalue weighted by Gasteiger charge is 2.17. The number of nitrogens with zero attached hydrogens (tertiary/aromatic N) is 2. The van der Waals surface area contributed by atoms with Gasteiger partial charge >= 0.3 is 0 Å². The van der Waals surface area contributed by atoms with Crippen molar-refractivity contribution in [3.05, 3.63) is 23.8 Å². The van der Waals surface area contributed by atoms with Crippen molar-refractivity contribution in [3.8, 4) is 6.07 Å².